The molecule has 1 amide bonds. The summed E-state index contributed by atoms with van der Waals surface area (Å²) in [7, 11) is 0. The molecular formula is C19H28N4O3S. The number of amides is 1. The van der Waals surface area contributed by atoms with Crippen molar-refractivity contribution in [1.82, 2.24) is 14.9 Å². The molecule has 0 N–H and O–H groups in total. The van der Waals surface area contributed by atoms with Crippen LogP contribution in [0.1, 0.15) is 31.2 Å². The van der Waals surface area contributed by atoms with Gasteiger partial charge in [0.05, 0.1) is 6.61 Å². The summed E-state index contributed by atoms with van der Waals surface area (Å²) in [5.74, 6) is 2.01. The molecular weight excluding hydrogens is 364 g/mol. The van der Waals surface area contributed by atoms with E-state index in [1.54, 1.807) is 23.6 Å². The highest BCUT2D eigenvalue weighted by atomic mass is 32.2. The van der Waals surface area contributed by atoms with Crippen molar-refractivity contribution in [1.29, 1.82) is 0 Å². The van der Waals surface area contributed by atoms with Crippen molar-refractivity contribution in [2.45, 2.75) is 39.7 Å². The summed E-state index contributed by atoms with van der Waals surface area (Å²) in [6.07, 6.45) is 1.52. The first-order valence-corrected chi connectivity index (χ1v) is 10.8. The topological polar surface area (TPSA) is 75.6 Å². The summed E-state index contributed by atoms with van der Waals surface area (Å²) in [4.78, 5) is 38.3. The molecule has 2 saturated heterocycles. The predicted octanol–water partition coefficient (Wildman–Crippen LogP) is 1.82. The summed E-state index contributed by atoms with van der Waals surface area (Å²) in [6.45, 7) is 8.21. The van der Waals surface area contributed by atoms with Crippen LogP contribution in [0.3, 0.4) is 0 Å². The predicted molar refractivity (Wildman–Crippen MR) is 106 cm³/mol. The molecule has 0 aromatic carbocycles. The molecule has 1 unspecified atom stereocenters. The molecule has 2 aliphatic rings. The molecule has 1 aromatic heterocycles. The van der Waals surface area contributed by atoms with Gasteiger partial charge in [-0.15, -0.1) is 0 Å². The molecule has 7 nitrogen and oxygen atoms in total. The molecule has 0 aliphatic carbocycles. The van der Waals surface area contributed by atoms with Gasteiger partial charge >= 0.3 is 5.97 Å². The summed E-state index contributed by atoms with van der Waals surface area (Å²) < 4.78 is 5.18. The van der Waals surface area contributed by atoms with Crippen LogP contribution in [-0.2, 0) is 14.3 Å². The lowest BCUT2D eigenvalue weighted by Gasteiger charge is -2.38. The lowest BCUT2D eigenvalue weighted by atomic mass is 9.94. The Labute approximate surface area is 164 Å². The van der Waals surface area contributed by atoms with E-state index < -0.39 is 6.04 Å². The Kier molecular flexibility index (Phi) is 6.57. The van der Waals surface area contributed by atoms with Gasteiger partial charge in [-0.3, -0.25) is 4.79 Å². The number of ether oxygens (including phenoxy) is 1. The van der Waals surface area contributed by atoms with E-state index in [9.17, 15) is 9.59 Å². The van der Waals surface area contributed by atoms with Crippen LogP contribution in [0.5, 0.6) is 0 Å². The Hall–Kier alpha value is -1.83. The first kappa shape index (κ1) is 19.9. The fourth-order valence-electron chi connectivity index (χ4n) is 3.71. The SMILES string of the molecule is CCOC(=O)C1CSCCN1C(=O)C1CCN(c2nc(C)cc(C)n2)CC1. The second kappa shape index (κ2) is 8.91. The van der Waals surface area contributed by atoms with E-state index in [2.05, 4.69) is 14.9 Å². The second-order valence-electron chi connectivity index (χ2n) is 7.09. The number of esters is 1. The highest BCUT2D eigenvalue weighted by Gasteiger charge is 2.37. The third-order valence-corrected chi connectivity index (χ3v) is 6.09. The van der Waals surface area contributed by atoms with Crippen molar-refractivity contribution in [2.24, 2.45) is 5.92 Å². The smallest absolute Gasteiger partial charge is 0.329 e. The minimum atomic E-state index is -0.447. The number of rotatable bonds is 4. The Morgan fingerprint density at radius 1 is 1.19 bits per heavy atom. The number of aromatic nitrogens is 2. The van der Waals surface area contributed by atoms with Crippen LogP contribution in [0.4, 0.5) is 5.95 Å². The zero-order valence-corrected chi connectivity index (χ0v) is 17.1. The standard InChI is InChI=1S/C19H28N4O3S/c1-4-26-18(25)16-12-27-10-9-23(16)17(24)15-5-7-22(8-6-15)19-20-13(2)11-14(3)21-19/h11,15-16H,4-10,12H2,1-3H3. The van der Waals surface area contributed by atoms with Gasteiger partial charge in [0.1, 0.15) is 6.04 Å². The molecule has 1 aromatic rings. The van der Waals surface area contributed by atoms with Gasteiger partial charge in [0, 0.05) is 48.4 Å². The average Bonchev–Trinajstić information content (AvgIpc) is 2.67. The second-order valence-corrected chi connectivity index (χ2v) is 8.24. The first-order valence-electron chi connectivity index (χ1n) is 9.61. The molecule has 3 heterocycles. The summed E-state index contributed by atoms with van der Waals surface area (Å²) in [6, 6.07) is 1.51. The number of thioether (sulfide) groups is 1. The fourth-order valence-corrected chi connectivity index (χ4v) is 4.74. The Morgan fingerprint density at radius 2 is 1.85 bits per heavy atom. The number of carbonyl (C=O) groups excluding carboxylic acids is 2. The Balaban J connectivity index is 1.62. The van der Waals surface area contributed by atoms with E-state index in [1.165, 1.54) is 0 Å². The van der Waals surface area contributed by atoms with Crippen molar-refractivity contribution in [3.8, 4) is 0 Å². The fraction of sp³-hybridized carbons (Fsp3) is 0.684. The Bertz CT molecular complexity index is 671. The van der Waals surface area contributed by atoms with Crippen molar-refractivity contribution in [2.75, 3.05) is 42.6 Å². The quantitative estimate of drug-likeness (QED) is 0.724. The molecule has 3 rings (SSSR count). The number of nitrogens with zero attached hydrogens (tertiary/aromatic N) is 4. The number of aryl methyl sites for hydroxylation is 2. The average molecular weight is 393 g/mol. The van der Waals surface area contributed by atoms with Crippen LogP contribution in [0.25, 0.3) is 0 Å². The van der Waals surface area contributed by atoms with Gasteiger partial charge < -0.3 is 14.5 Å². The number of hydrogen-bond acceptors (Lipinski definition) is 7. The van der Waals surface area contributed by atoms with Crippen molar-refractivity contribution < 1.29 is 14.3 Å². The van der Waals surface area contributed by atoms with E-state index in [0.717, 1.165) is 49.0 Å². The molecule has 2 fully saturated rings. The number of hydrogen-bond donors (Lipinski definition) is 0. The lowest BCUT2D eigenvalue weighted by molar-refractivity contribution is -0.155. The van der Waals surface area contributed by atoms with Crippen molar-refractivity contribution >= 4 is 29.6 Å². The van der Waals surface area contributed by atoms with Gasteiger partial charge in [-0.05, 0) is 39.7 Å². The van der Waals surface area contributed by atoms with Crippen molar-refractivity contribution in [3.63, 3.8) is 0 Å². The molecule has 148 valence electrons. The molecule has 0 radical (unpaired) electrons. The highest BCUT2D eigenvalue weighted by molar-refractivity contribution is 7.99. The molecule has 0 bridgehead atoms. The highest BCUT2D eigenvalue weighted by Crippen LogP contribution is 2.26. The van der Waals surface area contributed by atoms with Crippen LogP contribution < -0.4 is 4.90 Å². The van der Waals surface area contributed by atoms with Crippen LogP contribution in [0.15, 0.2) is 6.07 Å². The van der Waals surface area contributed by atoms with Gasteiger partial charge in [-0.1, -0.05) is 0 Å². The maximum atomic E-state index is 13.1. The Morgan fingerprint density at radius 3 is 2.48 bits per heavy atom. The van der Waals surface area contributed by atoms with Crippen LogP contribution in [0.2, 0.25) is 0 Å². The maximum Gasteiger partial charge on any atom is 0.329 e. The van der Waals surface area contributed by atoms with Crippen molar-refractivity contribution in [3.05, 3.63) is 17.5 Å². The van der Waals surface area contributed by atoms with E-state index >= 15 is 0 Å². The van der Waals surface area contributed by atoms with E-state index in [0.29, 0.717) is 18.9 Å². The van der Waals surface area contributed by atoms with Gasteiger partial charge in [0.2, 0.25) is 11.9 Å². The lowest BCUT2D eigenvalue weighted by Crippen LogP contribution is -2.54. The van der Waals surface area contributed by atoms with Crippen LogP contribution in [-0.4, -0.2) is 70.5 Å². The molecule has 8 heteroatoms. The zero-order chi connectivity index (χ0) is 19.4. The van der Waals surface area contributed by atoms with E-state index in [-0.39, 0.29) is 17.8 Å². The van der Waals surface area contributed by atoms with Crippen LogP contribution >= 0.6 is 11.8 Å². The zero-order valence-electron chi connectivity index (χ0n) is 16.3. The molecule has 2 aliphatic heterocycles. The summed E-state index contributed by atoms with van der Waals surface area (Å²) >= 11 is 1.71. The van der Waals surface area contributed by atoms with Gasteiger partial charge in [0.25, 0.3) is 0 Å². The summed E-state index contributed by atoms with van der Waals surface area (Å²) in [5.41, 5.74) is 1.91. The monoisotopic (exact) mass is 392 g/mol. The van der Waals surface area contributed by atoms with Gasteiger partial charge in [-0.25, -0.2) is 14.8 Å². The molecule has 27 heavy (non-hydrogen) atoms. The number of anilines is 1. The number of carbonyl (C=O) groups is 2. The minimum Gasteiger partial charge on any atom is -0.464 e. The third kappa shape index (κ3) is 4.72. The largest absolute Gasteiger partial charge is 0.464 e. The first-order chi connectivity index (χ1) is 13.0. The third-order valence-electron chi connectivity index (χ3n) is 5.07. The molecule has 0 saturated carbocycles. The van der Waals surface area contributed by atoms with Crippen LogP contribution in [0, 0.1) is 19.8 Å². The normalized spacial score (nSPS) is 21.2. The number of piperidine rings is 1. The van der Waals surface area contributed by atoms with Gasteiger partial charge in [-0.2, -0.15) is 11.8 Å². The van der Waals surface area contributed by atoms with Gasteiger partial charge in [0.15, 0.2) is 0 Å². The molecule has 1 atom stereocenters. The van der Waals surface area contributed by atoms with E-state index in [1.807, 2.05) is 19.9 Å². The molecule has 0 spiro atoms. The summed E-state index contributed by atoms with van der Waals surface area (Å²) in [5, 5.41) is 0. The minimum absolute atomic E-state index is 0.0489. The maximum absolute atomic E-state index is 13.1. The van der Waals surface area contributed by atoms with E-state index in [4.69, 9.17) is 4.74 Å².